The van der Waals surface area contributed by atoms with Crippen molar-refractivity contribution in [1.29, 1.82) is 0 Å². The number of nitrogens with zero attached hydrogens (tertiary/aromatic N) is 1. The van der Waals surface area contributed by atoms with Crippen molar-refractivity contribution < 1.29 is 28.7 Å². The summed E-state index contributed by atoms with van der Waals surface area (Å²) in [5.41, 5.74) is 2.71. The van der Waals surface area contributed by atoms with Gasteiger partial charge in [0.1, 0.15) is 29.3 Å². The molecule has 54 heavy (non-hydrogen) atoms. The average Bonchev–Trinajstić information content (AvgIpc) is 3.09. The summed E-state index contributed by atoms with van der Waals surface area (Å²) in [6.07, 6.45) is 5.48. The van der Waals surface area contributed by atoms with Gasteiger partial charge in [-0.25, -0.2) is 9.59 Å². The number of unbranched alkanes of at least 4 members (excludes halogenated alkanes) is 5. The Morgan fingerprint density at radius 2 is 1.19 bits per heavy atom. The van der Waals surface area contributed by atoms with E-state index in [0.717, 1.165) is 54.4 Å². The zero-order chi connectivity index (χ0) is 39.9. The summed E-state index contributed by atoms with van der Waals surface area (Å²) in [6, 6.07) is 21.4. The van der Waals surface area contributed by atoms with Gasteiger partial charge >= 0.3 is 12.1 Å². The molecular weight excluding hydrogens is 679 g/mol. The lowest BCUT2D eigenvalue weighted by molar-refractivity contribution is -0.159. The highest BCUT2D eigenvalue weighted by molar-refractivity contribution is 5.94. The van der Waals surface area contributed by atoms with Gasteiger partial charge in [0.2, 0.25) is 11.8 Å². The maximum absolute atomic E-state index is 15.1. The van der Waals surface area contributed by atoms with E-state index >= 15 is 4.79 Å². The number of hydrogen-bond acceptors (Lipinski definition) is 6. The second kappa shape index (κ2) is 20.7. The number of carbonyl (C=O) groups is 4. The van der Waals surface area contributed by atoms with Crippen LogP contribution in [-0.2, 0) is 36.7 Å². The third-order valence-corrected chi connectivity index (χ3v) is 9.00. The summed E-state index contributed by atoms with van der Waals surface area (Å²) < 4.78 is 11.4. The van der Waals surface area contributed by atoms with Crippen LogP contribution < -0.4 is 10.6 Å². The van der Waals surface area contributed by atoms with E-state index in [4.69, 9.17) is 9.47 Å². The van der Waals surface area contributed by atoms with Gasteiger partial charge in [-0.3, -0.25) is 9.59 Å². The zero-order valence-electron chi connectivity index (χ0n) is 34.0. The molecule has 0 radical (unpaired) electrons. The van der Waals surface area contributed by atoms with Gasteiger partial charge in [-0.15, -0.1) is 0 Å². The minimum Gasteiger partial charge on any atom is -0.458 e. The van der Waals surface area contributed by atoms with Crippen molar-refractivity contribution >= 4 is 23.9 Å². The zero-order valence-corrected chi connectivity index (χ0v) is 34.0. The first-order valence-electron chi connectivity index (χ1n) is 19.5. The predicted molar refractivity (Wildman–Crippen MR) is 215 cm³/mol. The van der Waals surface area contributed by atoms with Crippen molar-refractivity contribution in [1.82, 2.24) is 15.5 Å². The first-order chi connectivity index (χ1) is 25.5. The molecule has 9 heteroatoms. The maximum atomic E-state index is 15.1. The quantitative estimate of drug-likeness (QED) is 0.0996. The van der Waals surface area contributed by atoms with Gasteiger partial charge in [-0.2, -0.15) is 0 Å². The number of aryl methyl sites for hydroxylation is 2. The van der Waals surface area contributed by atoms with Crippen LogP contribution in [-0.4, -0.2) is 58.6 Å². The molecular formula is C45H63N3O6. The van der Waals surface area contributed by atoms with Crippen LogP contribution in [0.3, 0.4) is 0 Å². The molecule has 0 aromatic heterocycles. The molecule has 0 fully saturated rings. The van der Waals surface area contributed by atoms with E-state index in [1.165, 1.54) is 0 Å². The fourth-order valence-corrected chi connectivity index (χ4v) is 6.20. The Kier molecular flexibility index (Phi) is 16.8. The van der Waals surface area contributed by atoms with Gasteiger partial charge < -0.3 is 25.0 Å². The number of nitrogens with one attached hydrogen (secondary N) is 2. The molecule has 9 nitrogen and oxygen atoms in total. The number of hydrogen-bond donors (Lipinski definition) is 2. The largest absolute Gasteiger partial charge is 0.458 e. The van der Waals surface area contributed by atoms with Crippen molar-refractivity contribution in [2.75, 3.05) is 6.54 Å². The fourth-order valence-electron chi connectivity index (χ4n) is 6.20. The van der Waals surface area contributed by atoms with Crippen LogP contribution in [0.15, 0.2) is 78.9 Å². The van der Waals surface area contributed by atoms with Crippen LogP contribution in [0.5, 0.6) is 0 Å². The Hall–Kier alpha value is -4.66. The van der Waals surface area contributed by atoms with E-state index in [1.807, 2.05) is 92.7 Å². The summed E-state index contributed by atoms with van der Waals surface area (Å²) >= 11 is 0. The first kappa shape index (κ1) is 43.7. The highest BCUT2D eigenvalue weighted by atomic mass is 16.6. The Bertz CT molecular complexity index is 1650. The van der Waals surface area contributed by atoms with E-state index in [2.05, 4.69) is 17.6 Å². The molecule has 3 aromatic carbocycles. The molecule has 3 rings (SSSR count). The SMILES string of the molecule is CCCCCCCCN(C(=O)C(Cc1ccccc1)NC(=O)OC(C)(C)C)C(C(=O)NC(Cc1ccccc1)C(=O)OC(C)(C)C)c1ccc(C)c(C)c1. The number of esters is 1. The second-order valence-electron chi connectivity index (χ2n) is 16.2. The molecule has 0 aliphatic carbocycles. The molecule has 2 N–H and O–H groups in total. The minimum absolute atomic E-state index is 0.182. The Morgan fingerprint density at radius 1 is 0.648 bits per heavy atom. The topological polar surface area (TPSA) is 114 Å². The van der Waals surface area contributed by atoms with Gasteiger partial charge in [-0.1, -0.05) is 118 Å². The summed E-state index contributed by atoms with van der Waals surface area (Å²) in [6.45, 7) is 17.0. The van der Waals surface area contributed by atoms with Gasteiger partial charge in [0.25, 0.3) is 0 Å². The Morgan fingerprint density at radius 3 is 1.72 bits per heavy atom. The lowest BCUT2D eigenvalue weighted by Gasteiger charge is -2.35. The Balaban J connectivity index is 2.14. The summed E-state index contributed by atoms with van der Waals surface area (Å²) in [5.74, 6) is -1.51. The van der Waals surface area contributed by atoms with E-state index in [0.29, 0.717) is 12.0 Å². The average molecular weight is 742 g/mol. The summed E-state index contributed by atoms with van der Waals surface area (Å²) in [7, 11) is 0. The second-order valence-corrected chi connectivity index (χ2v) is 16.2. The van der Waals surface area contributed by atoms with Crippen LogP contribution in [0.2, 0.25) is 0 Å². The molecule has 3 aromatic rings. The number of benzene rings is 3. The van der Waals surface area contributed by atoms with Crippen molar-refractivity contribution in [3.8, 4) is 0 Å². The normalized spacial score (nSPS) is 13.3. The molecule has 0 saturated carbocycles. The third-order valence-electron chi connectivity index (χ3n) is 9.00. The van der Waals surface area contributed by atoms with Crippen LogP contribution in [0.1, 0.15) is 121 Å². The highest BCUT2D eigenvalue weighted by Gasteiger charge is 2.38. The molecule has 0 heterocycles. The Labute approximate surface area is 323 Å². The number of carbonyl (C=O) groups excluding carboxylic acids is 4. The summed E-state index contributed by atoms with van der Waals surface area (Å²) in [5, 5.41) is 5.86. The lowest BCUT2D eigenvalue weighted by Crippen LogP contribution is -2.55. The molecule has 0 bridgehead atoms. The fraction of sp³-hybridized carbons (Fsp3) is 0.511. The van der Waals surface area contributed by atoms with E-state index in [-0.39, 0.29) is 19.4 Å². The van der Waals surface area contributed by atoms with Crippen molar-refractivity contribution in [3.05, 3.63) is 107 Å². The molecule has 294 valence electrons. The van der Waals surface area contributed by atoms with Crippen molar-refractivity contribution in [2.24, 2.45) is 0 Å². The monoisotopic (exact) mass is 741 g/mol. The molecule has 0 saturated heterocycles. The predicted octanol–water partition coefficient (Wildman–Crippen LogP) is 8.74. The van der Waals surface area contributed by atoms with Crippen LogP contribution in [0.25, 0.3) is 0 Å². The van der Waals surface area contributed by atoms with E-state index in [9.17, 15) is 14.4 Å². The number of alkyl carbamates (subject to hydrolysis) is 1. The van der Waals surface area contributed by atoms with Gasteiger partial charge in [-0.05, 0) is 89.6 Å². The molecule has 3 unspecified atom stereocenters. The first-order valence-corrected chi connectivity index (χ1v) is 19.5. The smallest absolute Gasteiger partial charge is 0.408 e. The summed E-state index contributed by atoms with van der Waals surface area (Å²) in [4.78, 5) is 58.5. The van der Waals surface area contributed by atoms with Crippen LogP contribution in [0, 0.1) is 13.8 Å². The standard InChI is InChI=1S/C45H63N3O6/c1-10-11-12-13-14-21-28-48(41(50)37(30-34-22-17-15-18-23-34)47-43(52)54-45(7,8)9)39(36-27-26-32(2)33(3)29-36)40(49)46-38(42(51)53-44(4,5)6)31-35-24-19-16-20-25-35/h15-20,22-27,29,37-39H,10-14,21,28,30-31H2,1-9H3,(H,46,49)(H,47,52). The molecule has 0 aliphatic rings. The van der Waals surface area contributed by atoms with E-state index < -0.39 is 53.2 Å². The molecule has 0 aliphatic heterocycles. The molecule has 3 amide bonds. The minimum atomic E-state index is -1.12. The van der Waals surface area contributed by atoms with Crippen LogP contribution in [0.4, 0.5) is 4.79 Å². The van der Waals surface area contributed by atoms with Gasteiger partial charge in [0.05, 0.1) is 0 Å². The van der Waals surface area contributed by atoms with E-state index in [1.54, 1.807) is 46.4 Å². The molecule has 0 spiro atoms. The third kappa shape index (κ3) is 15.0. The van der Waals surface area contributed by atoms with Crippen molar-refractivity contribution in [2.45, 2.75) is 143 Å². The van der Waals surface area contributed by atoms with Gasteiger partial charge in [0.15, 0.2) is 0 Å². The molecule has 3 atom stereocenters. The number of amides is 3. The van der Waals surface area contributed by atoms with Crippen LogP contribution >= 0.6 is 0 Å². The lowest BCUT2D eigenvalue weighted by atomic mass is 9.96. The van der Waals surface area contributed by atoms with Gasteiger partial charge in [0, 0.05) is 19.4 Å². The maximum Gasteiger partial charge on any atom is 0.408 e. The number of rotatable bonds is 18. The van der Waals surface area contributed by atoms with Crippen molar-refractivity contribution in [3.63, 3.8) is 0 Å². The highest BCUT2D eigenvalue weighted by Crippen LogP contribution is 2.27. The number of ether oxygens (including phenoxy) is 2.